The smallest absolute Gasteiger partial charge is 0.417 e. The molecule has 58 heavy (non-hydrogen) atoms. The van der Waals surface area contributed by atoms with E-state index in [9.17, 15) is 45.5 Å². The van der Waals surface area contributed by atoms with E-state index in [1.165, 1.54) is 24.1 Å². The molecule has 16 heteroatoms. The van der Waals surface area contributed by atoms with Crippen LogP contribution in [0.3, 0.4) is 0 Å². The minimum atomic E-state index is -5.09. The van der Waals surface area contributed by atoms with Crippen molar-refractivity contribution >= 4 is 23.9 Å². The SMILES string of the molecule is C[C@@H](OC[C@@]1(c2ccccc2)CC[C@]2(CCC(=O)N2C(=O)OCC(=O)OCc2ccccc2)CN1OC(=O)c1ccccc1)c1cc(C(F)(F)F)cc(C(F)(F)F)c1. The molecule has 2 saturated heterocycles. The number of amides is 2. The fraction of sp³-hybridized carbons (Fsp3) is 0.333. The summed E-state index contributed by atoms with van der Waals surface area (Å²) in [6, 6.07) is 26.3. The summed E-state index contributed by atoms with van der Waals surface area (Å²) in [6.45, 7) is -0.315. The summed E-state index contributed by atoms with van der Waals surface area (Å²) in [6.07, 6.45) is -12.6. The topological polar surface area (TPSA) is 112 Å². The number of ether oxygens (including phenoxy) is 3. The Morgan fingerprint density at radius 2 is 1.34 bits per heavy atom. The Morgan fingerprint density at radius 1 is 0.759 bits per heavy atom. The zero-order valence-electron chi connectivity index (χ0n) is 31.1. The Bertz CT molecular complexity index is 2070. The van der Waals surface area contributed by atoms with Crippen LogP contribution in [0.15, 0.2) is 109 Å². The van der Waals surface area contributed by atoms with Crippen molar-refractivity contribution in [3.8, 4) is 0 Å². The lowest BCUT2D eigenvalue weighted by atomic mass is 9.75. The molecule has 0 N–H and O–H groups in total. The normalized spacial score (nSPS) is 20.5. The van der Waals surface area contributed by atoms with E-state index in [-0.39, 0.29) is 50.5 Å². The first-order valence-electron chi connectivity index (χ1n) is 18.2. The van der Waals surface area contributed by atoms with Gasteiger partial charge in [0.05, 0.1) is 41.5 Å². The van der Waals surface area contributed by atoms with Crippen molar-refractivity contribution in [3.05, 3.63) is 143 Å². The molecule has 2 fully saturated rings. The maximum absolute atomic E-state index is 13.8. The van der Waals surface area contributed by atoms with Gasteiger partial charge >= 0.3 is 30.4 Å². The Morgan fingerprint density at radius 3 is 1.95 bits per heavy atom. The molecule has 1 spiro atoms. The fourth-order valence-corrected chi connectivity index (χ4v) is 7.22. The number of likely N-dealkylation sites (tertiary alicyclic amines) is 1. The van der Waals surface area contributed by atoms with Gasteiger partial charge in [-0.25, -0.2) is 19.3 Å². The number of piperidine rings is 1. The molecule has 10 nitrogen and oxygen atoms in total. The molecule has 306 valence electrons. The van der Waals surface area contributed by atoms with Gasteiger partial charge in [-0.15, -0.1) is 5.06 Å². The molecule has 4 aromatic rings. The minimum Gasteiger partial charge on any atom is -0.458 e. The maximum atomic E-state index is 13.8. The fourth-order valence-electron chi connectivity index (χ4n) is 7.22. The van der Waals surface area contributed by atoms with Crippen molar-refractivity contribution in [1.82, 2.24) is 9.96 Å². The number of hydrogen-bond acceptors (Lipinski definition) is 9. The Hall–Kier alpha value is -5.74. The molecule has 0 saturated carbocycles. The van der Waals surface area contributed by atoms with Crippen LogP contribution in [0.4, 0.5) is 31.1 Å². The first-order chi connectivity index (χ1) is 27.5. The van der Waals surface area contributed by atoms with E-state index < -0.39 is 83.4 Å². The van der Waals surface area contributed by atoms with Gasteiger partial charge in [0.15, 0.2) is 6.61 Å². The van der Waals surface area contributed by atoms with E-state index >= 15 is 0 Å². The van der Waals surface area contributed by atoms with Crippen molar-refractivity contribution in [1.29, 1.82) is 0 Å². The molecule has 3 atom stereocenters. The number of alkyl halides is 6. The molecule has 4 aromatic carbocycles. The monoisotopic (exact) mass is 812 g/mol. The summed E-state index contributed by atoms with van der Waals surface area (Å²) < 4.78 is 99.3. The highest BCUT2D eigenvalue weighted by Gasteiger charge is 2.59. The van der Waals surface area contributed by atoms with Crippen LogP contribution in [-0.4, -0.2) is 59.2 Å². The van der Waals surface area contributed by atoms with Crippen LogP contribution in [0, 0.1) is 0 Å². The van der Waals surface area contributed by atoms with Crippen molar-refractivity contribution in [2.45, 2.75) is 68.7 Å². The summed E-state index contributed by atoms with van der Waals surface area (Å²) in [4.78, 5) is 60.2. The van der Waals surface area contributed by atoms with Gasteiger partial charge in [0.25, 0.3) is 0 Å². The number of imide groups is 1. The van der Waals surface area contributed by atoms with E-state index in [0.29, 0.717) is 23.3 Å². The average Bonchev–Trinajstić information content (AvgIpc) is 3.53. The lowest BCUT2D eigenvalue weighted by Gasteiger charge is -2.52. The number of carbonyl (C=O) groups excluding carboxylic acids is 4. The number of rotatable bonds is 11. The average molecular weight is 813 g/mol. The van der Waals surface area contributed by atoms with Gasteiger partial charge in [0, 0.05) is 6.42 Å². The van der Waals surface area contributed by atoms with E-state index in [1.54, 1.807) is 78.9 Å². The molecule has 0 bridgehead atoms. The number of halogens is 6. The number of nitrogens with zero attached hydrogens (tertiary/aromatic N) is 2. The first-order valence-corrected chi connectivity index (χ1v) is 18.2. The highest BCUT2D eigenvalue weighted by atomic mass is 19.4. The lowest BCUT2D eigenvalue weighted by Crippen LogP contribution is -2.65. The van der Waals surface area contributed by atoms with Gasteiger partial charge in [-0.05, 0) is 73.2 Å². The van der Waals surface area contributed by atoms with Gasteiger partial charge in [0.1, 0.15) is 12.1 Å². The second kappa shape index (κ2) is 17.0. The Labute approximate surface area is 329 Å². The number of hydrogen-bond donors (Lipinski definition) is 0. The summed E-state index contributed by atoms with van der Waals surface area (Å²) in [5, 5.41) is 1.26. The Kier molecular flexibility index (Phi) is 12.3. The van der Waals surface area contributed by atoms with E-state index in [1.807, 2.05) is 0 Å². The predicted molar refractivity (Wildman–Crippen MR) is 193 cm³/mol. The second-order valence-electron chi connectivity index (χ2n) is 14.1. The quantitative estimate of drug-likeness (QED) is 0.108. The largest absolute Gasteiger partial charge is 0.458 e. The number of hydroxylamine groups is 2. The third kappa shape index (κ3) is 9.34. The van der Waals surface area contributed by atoms with Crippen LogP contribution >= 0.6 is 0 Å². The molecule has 2 aliphatic rings. The Balaban J connectivity index is 1.31. The highest BCUT2D eigenvalue weighted by Crippen LogP contribution is 2.48. The number of carbonyl (C=O) groups is 4. The van der Waals surface area contributed by atoms with Gasteiger partial charge in [-0.1, -0.05) is 78.9 Å². The van der Waals surface area contributed by atoms with Gasteiger partial charge < -0.3 is 19.0 Å². The molecular formula is C42H38F6N2O8. The lowest BCUT2D eigenvalue weighted by molar-refractivity contribution is -0.239. The van der Waals surface area contributed by atoms with Gasteiger partial charge in [0.2, 0.25) is 5.91 Å². The predicted octanol–water partition coefficient (Wildman–Crippen LogP) is 8.81. The summed E-state index contributed by atoms with van der Waals surface area (Å²) in [7, 11) is 0. The van der Waals surface area contributed by atoms with Crippen LogP contribution in [0.5, 0.6) is 0 Å². The van der Waals surface area contributed by atoms with E-state index in [2.05, 4.69) is 0 Å². The summed E-state index contributed by atoms with van der Waals surface area (Å²) in [5.74, 6) is -2.31. The zero-order chi connectivity index (χ0) is 41.7. The van der Waals surface area contributed by atoms with Gasteiger partial charge in [-0.3, -0.25) is 4.79 Å². The van der Waals surface area contributed by atoms with Crippen LogP contribution in [0.1, 0.15) is 76.9 Å². The molecule has 2 aliphatic heterocycles. The van der Waals surface area contributed by atoms with Crippen molar-refractivity contribution in [2.24, 2.45) is 0 Å². The van der Waals surface area contributed by atoms with Crippen LogP contribution < -0.4 is 0 Å². The van der Waals surface area contributed by atoms with Crippen LogP contribution in [-0.2, 0) is 53.1 Å². The summed E-state index contributed by atoms with van der Waals surface area (Å²) in [5.41, 5.74) is -4.88. The third-order valence-electron chi connectivity index (χ3n) is 10.4. The van der Waals surface area contributed by atoms with Gasteiger partial charge in [-0.2, -0.15) is 26.3 Å². The standard InChI is InChI=1S/C42H38F6N2O8/c1-28(31-21-33(41(43,44)45)23-34(22-31)42(46,47)48)57-27-40(32-15-9-4-10-16-32)20-19-39(26-49(40)58-37(53)30-13-7-3-8-14-30)18-17-35(51)50(39)38(54)56-25-36(52)55-24-29-11-5-2-6-12-29/h2-16,21-23,28H,17-20,24-27H2,1H3/t28-,39-,40-/m1/s1. The van der Waals surface area contributed by atoms with Crippen LogP contribution in [0.25, 0.3) is 0 Å². The summed E-state index contributed by atoms with van der Waals surface area (Å²) >= 11 is 0. The number of esters is 1. The highest BCUT2D eigenvalue weighted by molar-refractivity contribution is 5.95. The van der Waals surface area contributed by atoms with E-state index in [0.717, 1.165) is 4.90 Å². The second-order valence-corrected chi connectivity index (χ2v) is 14.1. The molecule has 0 radical (unpaired) electrons. The molecule has 2 heterocycles. The van der Waals surface area contributed by atoms with Crippen molar-refractivity contribution in [3.63, 3.8) is 0 Å². The third-order valence-corrected chi connectivity index (χ3v) is 10.4. The number of benzene rings is 4. The van der Waals surface area contributed by atoms with Crippen molar-refractivity contribution < 1.29 is 64.6 Å². The molecular weight excluding hydrogens is 774 g/mol. The minimum absolute atomic E-state index is 0.00161. The maximum Gasteiger partial charge on any atom is 0.417 e. The molecule has 0 unspecified atom stereocenters. The molecule has 0 aliphatic carbocycles. The van der Waals surface area contributed by atoms with Crippen LogP contribution in [0.2, 0.25) is 0 Å². The van der Waals surface area contributed by atoms with Crippen molar-refractivity contribution in [2.75, 3.05) is 19.8 Å². The first kappa shape index (κ1) is 41.9. The molecule has 2 amide bonds. The molecule has 0 aromatic heterocycles. The zero-order valence-corrected chi connectivity index (χ0v) is 31.1. The van der Waals surface area contributed by atoms with E-state index in [4.69, 9.17) is 19.0 Å². The molecule has 6 rings (SSSR count).